The Kier molecular flexibility index (Phi) is 3.75. The number of aryl methyl sites for hydroxylation is 1. The standard InChI is InChI=1S/C9H11NO3/c11-9(12)13-6-2-4-8-3-1-5-10-7-8/h1,3,5,7H,2,4,6H2,(H,11,12). The van der Waals surface area contributed by atoms with Crippen LogP contribution in [0, 0.1) is 0 Å². The van der Waals surface area contributed by atoms with Gasteiger partial charge in [0.2, 0.25) is 0 Å². The first-order chi connectivity index (χ1) is 6.29. The summed E-state index contributed by atoms with van der Waals surface area (Å²) >= 11 is 0. The Labute approximate surface area is 76.2 Å². The average molecular weight is 181 g/mol. The first-order valence-electron chi connectivity index (χ1n) is 4.03. The minimum Gasteiger partial charge on any atom is -0.450 e. The molecule has 0 aliphatic heterocycles. The maximum atomic E-state index is 9.98. The summed E-state index contributed by atoms with van der Waals surface area (Å²) < 4.78 is 4.36. The third-order valence-corrected chi connectivity index (χ3v) is 1.56. The zero-order chi connectivity index (χ0) is 9.52. The topological polar surface area (TPSA) is 59.4 Å². The number of carboxylic acid groups (broad SMARTS) is 1. The third kappa shape index (κ3) is 4.10. The number of aromatic nitrogens is 1. The Morgan fingerprint density at radius 2 is 2.46 bits per heavy atom. The second-order valence-corrected chi connectivity index (χ2v) is 2.58. The molecule has 0 saturated carbocycles. The predicted octanol–water partition coefficient (Wildman–Crippen LogP) is 1.71. The van der Waals surface area contributed by atoms with Gasteiger partial charge in [-0.1, -0.05) is 6.07 Å². The van der Waals surface area contributed by atoms with Gasteiger partial charge in [-0.2, -0.15) is 0 Å². The van der Waals surface area contributed by atoms with Gasteiger partial charge in [0.15, 0.2) is 0 Å². The molecule has 0 aliphatic rings. The molecule has 0 spiro atoms. The van der Waals surface area contributed by atoms with Crippen LogP contribution in [0.3, 0.4) is 0 Å². The summed E-state index contributed by atoms with van der Waals surface area (Å²) in [5.41, 5.74) is 1.09. The molecule has 4 heteroatoms. The molecule has 70 valence electrons. The molecule has 0 atom stereocenters. The van der Waals surface area contributed by atoms with Crippen LogP contribution in [0.2, 0.25) is 0 Å². The fourth-order valence-corrected chi connectivity index (χ4v) is 0.982. The molecule has 1 N–H and O–H groups in total. The van der Waals surface area contributed by atoms with Gasteiger partial charge in [-0.05, 0) is 24.5 Å². The van der Waals surface area contributed by atoms with E-state index < -0.39 is 6.16 Å². The average Bonchev–Trinajstić information content (AvgIpc) is 2.14. The highest BCUT2D eigenvalue weighted by atomic mass is 16.7. The summed E-state index contributed by atoms with van der Waals surface area (Å²) in [6, 6.07) is 3.81. The number of hydrogen-bond acceptors (Lipinski definition) is 3. The molecule has 0 fully saturated rings. The van der Waals surface area contributed by atoms with Crippen LogP contribution in [0.25, 0.3) is 0 Å². The van der Waals surface area contributed by atoms with E-state index in [1.807, 2.05) is 12.1 Å². The van der Waals surface area contributed by atoms with Gasteiger partial charge in [0.1, 0.15) is 0 Å². The summed E-state index contributed by atoms with van der Waals surface area (Å²) in [6.07, 6.45) is 3.74. The lowest BCUT2D eigenvalue weighted by Gasteiger charge is -2.00. The summed E-state index contributed by atoms with van der Waals surface area (Å²) in [6.45, 7) is 0.240. The van der Waals surface area contributed by atoms with Crippen molar-refractivity contribution in [1.29, 1.82) is 0 Å². The first kappa shape index (κ1) is 9.51. The molecule has 1 rings (SSSR count). The van der Waals surface area contributed by atoms with Crippen molar-refractivity contribution >= 4 is 6.16 Å². The van der Waals surface area contributed by atoms with Gasteiger partial charge in [0.05, 0.1) is 6.61 Å². The number of hydrogen-bond donors (Lipinski definition) is 1. The van der Waals surface area contributed by atoms with E-state index in [0.717, 1.165) is 12.0 Å². The number of carbonyl (C=O) groups is 1. The first-order valence-corrected chi connectivity index (χ1v) is 4.03. The highest BCUT2D eigenvalue weighted by Crippen LogP contribution is 2.00. The molecule has 4 nitrogen and oxygen atoms in total. The molecule has 0 amide bonds. The van der Waals surface area contributed by atoms with Gasteiger partial charge in [-0.3, -0.25) is 4.98 Å². The zero-order valence-corrected chi connectivity index (χ0v) is 7.14. The van der Waals surface area contributed by atoms with Gasteiger partial charge < -0.3 is 9.84 Å². The van der Waals surface area contributed by atoms with E-state index in [9.17, 15) is 4.79 Å². The normalized spacial score (nSPS) is 9.54. The summed E-state index contributed by atoms with van der Waals surface area (Å²) in [5.74, 6) is 0. The Balaban J connectivity index is 2.17. The lowest BCUT2D eigenvalue weighted by atomic mass is 10.2. The summed E-state index contributed by atoms with van der Waals surface area (Å²) in [5, 5.41) is 8.18. The van der Waals surface area contributed by atoms with Crippen molar-refractivity contribution in [2.45, 2.75) is 12.8 Å². The number of pyridine rings is 1. The van der Waals surface area contributed by atoms with Crippen LogP contribution in [0.15, 0.2) is 24.5 Å². The largest absolute Gasteiger partial charge is 0.505 e. The van der Waals surface area contributed by atoms with Crippen molar-refractivity contribution in [3.05, 3.63) is 30.1 Å². The molecule has 13 heavy (non-hydrogen) atoms. The predicted molar refractivity (Wildman–Crippen MR) is 46.5 cm³/mol. The van der Waals surface area contributed by atoms with E-state index in [4.69, 9.17) is 5.11 Å². The summed E-state index contributed by atoms with van der Waals surface area (Å²) in [4.78, 5) is 13.9. The minimum atomic E-state index is -1.22. The van der Waals surface area contributed by atoms with Crippen LogP contribution in [0.5, 0.6) is 0 Å². The van der Waals surface area contributed by atoms with E-state index in [0.29, 0.717) is 6.42 Å². The maximum Gasteiger partial charge on any atom is 0.505 e. The molecule has 0 radical (unpaired) electrons. The van der Waals surface area contributed by atoms with Crippen molar-refractivity contribution < 1.29 is 14.6 Å². The van der Waals surface area contributed by atoms with Gasteiger partial charge in [-0.25, -0.2) is 4.79 Å². The van der Waals surface area contributed by atoms with E-state index >= 15 is 0 Å². The fourth-order valence-electron chi connectivity index (χ4n) is 0.982. The molecule has 0 aromatic carbocycles. The Morgan fingerprint density at radius 1 is 1.62 bits per heavy atom. The van der Waals surface area contributed by atoms with Gasteiger partial charge in [0.25, 0.3) is 0 Å². The Hall–Kier alpha value is -1.58. The molecule has 0 unspecified atom stereocenters. The number of ether oxygens (including phenoxy) is 1. The van der Waals surface area contributed by atoms with Crippen molar-refractivity contribution in [1.82, 2.24) is 4.98 Å². The van der Waals surface area contributed by atoms with Gasteiger partial charge in [0, 0.05) is 12.4 Å². The lowest BCUT2D eigenvalue weighted by Crippen LogP contribution is -2.02. The molecule has 0 bridgehead atoms. The van der Waals surface area contributed by atoms with Crippen LogP contribution in [0.1, 0.15) is 12.0 Å². The highest BCUT2D eigenvalue weighted by Gasteiger charge is 1.96. The monoisotopic (exact) mass is 181 g/mol. The maximum absolute atomic E-state index is 9.98. The quantitative estimate of drug-likeness (QED) is 0.567. The van der Waals surface area contributed by atoms with Crippen LogP contribution in [0.4, 0.5) is 4.79 Å². The number of rotatable bonds is 4. The van der Waals surface area contributed by atoms with Crippen LogP contribution in [-0.4, -0.2) is 22.9 Å². The van der Waals surface area contributed by atoms with Gasteiger partial charge in [-0.15, -0.1) is 0 Å². The highest BCUT2D eigenvalue weighted by molar-refractivity contribution is 5.56. The zero-order valence-electron chi connectivity index (χ0n) is 7.14. The molecule has 1 heterocycles. The van der Waals surface area contributed by atoms with E-state index in [1.165, 1.54) is 0 Å². The van der Waals surface area contributed by atoms with Gasteiger partial charge >= 0.3 is 6.16 Å². The van der Waals surface area contributed by atoms with Crippen LogP contribution < -0.4 is 0 Å². The van der Waals surface area contributed by atoms with E-state index in [-0.39, 0.29) is 6.61 Å². The van der Waals surface area contributed by atoms with E-state index in [1.54, 1.807) is 12.4 Å². The van der Waals surface area contributed by atoms with Crippen LogP contribution in [-0.2, 0) is 11.2 Å². The van der Waals surface area contributed by atoms with Crippen molar-refractivity contribution in [2.75, 3.05) is 6.61 Å². The van der Waals surface area contributed by atoms with Crippen molar-refractivity contribution in [2.24, 2.45) is 0 Å². The molecule has 1 aromatic heterocycles. The third-order valence-electron chi connectivity index (χ3n) is 1.56. The van der Waals surface area contributed by atoms with Crippen LogP contribution >= 0.6 is 0 Å². The smallest absolute Gasteiger partial charge is 0.450 e. The molecule has 1 aromatic rings. The van der Waals surface area contributed by atoms with Crippen molar-refractivity contribution in [3.8, 4) is 0 Å². The molecular weight excluding hydrogens is 170 g/mol. The second-order valence-electron chi connectivity index (χ2n) is 2.58. The lowest BCUT2D eigenvalue weighted by molar-refractivity contribution is 0.0907. The second kappa shape index (κ2) is 5.13. The Bertz CT molecular complexity index is 261. The molecule has 0 saturated heterocycles. The SMILES string of the molecule is O=C(O)OCCCc1cccnc1. The fraction of sp³-hybridized carbons (Fsp3) is 0.333. The molecule has 0 aliphatic carbocycles. The minimum absolute atomic E-state index is 0.240. The summed E-state index contributed by atoms with van der Waals surface area (Å²) in [7, 11) is 0. The molecular formula is C9H11NO3. The van der Waals surface area contributed by atoms with Crippen molar-refractivity contribution in [3.63, 3.8) is 0 Å². The Morgan fingerprint density at radius 3 is 3.08 bits per heavy atom. The number of nitrogens with zero attached hydrogens (tertiary/aromatic N) is 1. The van der Waals surface area contributed by atoms with E-state index in [2.05, 4.69) is 9.72 Å².